The summed E-state index contributed by atoms with van der Waals surface area (Å²) in [4.78, 5) is 15.0. The van der Waals surface area contributed by atoms with Crippen LogP contribution in [0.5, 0.6) is 0 Å². The van der Waals surface area contributed by atoms with Gasteiger partial charge in [0.2, 0.25) is 5.91 Å². The van der Waals surface area contributed by atoms with Gasteiger partial charge in [-0.1, -0.05) is 18.2 Å². The van der Waals surface area contributed by atoms with Crippen LogP contribution in [-0.2, 0) is 4.79 Å². The topological polar surface area (TPSA) is 40.5 Å². The van der Waals surface area contributed by atoms with E-state index in [1.165, 1.54) is 0 Å². The number of amides is 1. The minimum atomic E-state index is -0.315. The quantitative estimate of drug-likeness (QED) is 0.847. The van der Waals surface area contributed by atoms with Crippen LogP contribution in [0.1, 0.15) is 13.3 Å². The zero-order valence-electron chi connectivity index (χ0n) is 10.6. The third kappa shape index (κ3) is 3.50. The van der Waals surface area contributed by atoms with E-state index in [2.05, 4.69) is 0 Å². The molecule has 0 aliphatic carbocycles. The average Bonchev–Trinajstić information content (AvgIpc) is 2.87. The van der Waals surface area contributed by atoms with Crippen molar-refractivity contribution in [3.63, 3.8) is 0 Å². The van der Waals surface area contributed by atoms with Gasteiger partial charge in [-0.2, -0.15) is 0 Å². The summed E-state index contributed by atoms with van der Waals surface area (Å²) in [5, 5.41) is 9.52. The molecule has 2 unspecified atom stereocenters. The molecule has 1 aromatic carbocycles. The van der Waals surface area contributed by atoms with Crippen LogP contribution in [-0.4, -0.2) is 40.9 Å². The predicted octanol–water partition coefficient (Wildman–Crippen LogP) is 2.01. The Hall–Kier alpha value is -1.00. The highest BCUT2D eigenvalue weighted by atomic mass is 32.2. The van der Waals surface area contributed by atoms with Crippen molar-refractivity contribution in [2.45, 2.75) is 24.3 Å². The summed E-state index contributed by atoms with van der Waals surface area (Å²) in [6.45, 7) is 3.28. The van der Waals surface area contributed by atoms with Crippen LogP contribution in [0.4, 0.5) is 0 Å². The first kappa shape index (κ1) is 13.4. The molecule has 18 heavy (non-hydrogen) atoms. The Morgan fingerprint density at radius 3 is 2.83 bits per heavy atom. The van der Waals surface area contributed by atoms with E-state index in [-0.39, 0.29) is 17.9 Å². The Kier molecular flexibility index (Phi) is 4.66. The summed E-state index contributed by atoms with van der Waals surface area (Å²) in [6, 6.07) is 9.96. The number of benzene rings is 1. The lowest BCUT2D eigenvalue weighted by Gasteiger charge is -2.17. The van der Waals surface area contributed by atoms with E-state index in [0.717, 1.165) is 17.9 Å². The molecule has 1 amide bonds. The number of hydrogen-bond acceptors (Lipinski definition) is 3. The molecular formula is C14H19NO2S. The van der Waals surface area contributed by atoms with Crippen LogP contribution in [0.3, 0.4) is 0 Å². The first-order chi connectivity index (χ1) is 8.66. The van der Waals surface area contributed by atoms with Gasteiger partial charge in [0.05, 0.1) is 11.9 Å². The molecule has 1 aliphatic rings. The highest BCUT2D eigenvalue weighted by Gasteiger charge is 2.28. The normalized spacial score (nSPS) is 21.0. The van der Waals surface area contributed by atoms with Crippen LogP contribution in [0, 0.1) is 5.92 Å². The molecule has 3 nitrogen and oxygen atoms in total. The highest BCUT2D eigenvalue weighted by molar-refractivity contribution is 8.00. The van der Waals surface area contributed by atoms with Crippen LogP contribution >= 0.6 is 11.8 Å². The summed E-state index contributed by atoms with van der Waals surface area (Å²) in [5.41, 5.74) is 0. The van der Waals surface area contributed by atoms with Crippen molar-refractivity contribution in [3.05, 3.63) is 30.3 Å². The smallest absolute Gasteiger partial charge is 0.232 e. The Labute approximate surface area is 112 Å². The summed E-state index contributed by atoms with van der Waals surface area (Å²) < 4.78 is 0. The molecule has 4 heteroatoms. The summed E-state index contributed by atoms with van der Waals surface area (Å²) in [7, 11) is 0. The Morgan fingerprint density at radius 2 is 2.22 bits per heavy atom. The number of carbonyl (C=O) groups is 1. The Balaban J connectivity index is 1.79. The van der Waals surface area contributed by atoms with Crippen molar-refractivity contribution >= 4 is 17.7 Å². The van der Waals surface area contributed by atoms with Gasteiger partial charge in [-0.05, 0) is 25.5 Å². The zero-order chi connectivity index (χ0) is 13.0. The highest BCUT2D eigenvalue weighted by Crippen LogP contribution is 2.22. The standard InChI is InChI=1S/C14H19NO2S/c1-11(16)12-7-8-15(9-12)14(17)10-18-13-5-3-2-4-6-13/h2-6,11-12,16H,7-10H2,1H3. The second-order valence-electron chi connectivity index (χ2n) is 4.73. The maximum Gasteiger partial charge on any atom is 0.232 e. The molecule has 0 saturated carbocycles. The minimum absolute atomic E-state index is 0.173. The summed E-state index contributed by atoms with van der Waals surface area (Å²) in [6.07, 6.45) is 0.601. The van der Waals surface area contributed by atoms with Crippen molar-refractivity contribution < 1.29 is 9.90 Å². The molecular weight excluding hydrogens is 246 g/mol. The van der Waals surface area contributed by atoms with E-state index in [1.807, 2.05) is 35.2 Å². The number of carbonyl (C=O) groups excluding carboxylic acids is 1. The van der Waals surface area contributed by atoms with E-state index in [4.69, 9.17) is 0 Å². The van der Waals surface area contributed by atoms with Crippen molar-refractivity contribution in [2.75, 3.05) is 18.8 Å². The van der Waals surface area contributed by atoms with Crippen LogP contribution in [0.15, 0.2) is 35.2 Å². The number of hydrogen-bond donors (Lipinski definition) is 1. The number of thioether (sulfide) groups is 1. The lowest BCUT2D eigenvalue weighted by atomic mass is 10.0. The molecule has 2 rings (SSSR count). The molecule has 1 heterocycles. The van der Waals surface area contributed by atoms with E-state index in [9.17, 15) is 9.90 Å². The molecule has 1 aromatic rings. The molecule has 1 aliphatic heterocycles. The fourth-order valence-electron chi connectivity index (χ4n) is 2.16. The van der Waals surface area contributed by atoms with Gasteiger partial charge in [-0.3, -0.25) is 4.79 Å². The monoisotopic (exact) mass is 265 g/mol. The lowest BCUT2D eigenvalue weighted by molar-refractivity contribution is -0.127. The largest absolute Gasteiger partial charge is 0.393 e. The van der Waals surface area contributed by atoms with Crippen molar-refractivity contribution in [2.24, 2.45) is 5.92 Å². The number of aliphatic hydroxyl groups excluding tert-OH is 1. The first-order valence-electron chi connectivity index (χ1n) is 6.30. The molecule has 98 valence electrons. The van der Waals surface area contributed by atoms with E-state index in [0.29, 0.717) is 12.3 Å². The van der Waals surface area contributed by atoms with Gasteiger partial charge in [0.1, 0.15) is 0 Å². The fraction of sp³-hybridized carbons (Fsp3) is 0.500. The predicted molar refractivity (Wildman–Crippen MR) is 73.5 cm³/mol. The van der Waals surface area contributed by atoms with Gasteiger partial charge in [-0.25, -0.2) is 0 Å². The van der Waals surface area contributed by atoms with Gasteiger partial charge in [0, 0.05) is 23.9 Å². The molecule has 1 fully saturated rings. The third-order valence-electron chi connectivity index (χ3n) is 3.37. The molecule has 0 bridgehead atoms. The van der Waals surface area contributed by atoms with Gasteiger partial charge < -0.3 is 10.0 Å². The third-order valence-corrected chi connectivity index (χ3v) is 4.36. The molecule has 1 saturated heterocycles. The maximum absolute atomic E-state index is 12.0. The van der Waals surface area contributed by atoms with E-state index in [1.54, 1.807) is 18.7 Å². The number of nitrogens with zero attached hydrogens (tertiary/aromatic N) is 1. The second-order valence-corrected chi connectivity index (χ2v) is 5.78. The second kappa shape index (κ2) is 6.25. The molecule has 0 radical (unpaired) electrons. The molecule has 2 atom stereocenters. The minimum Gasteiger partial charge on any atom is -0.393 e. The van der Waals surface area contributed by atoms with Crippen LogP contribution < -0.4 is 0 Å². The maximum atomic E-state index is 12.0. The van der Waals surface area contributed by atoms with Crippen molar-refractivity contribution in [1.82, 2.24) is 4.90 Å². The SMILES string of the molecule is CC(O)C1CCN(C(=O)CSc2ccccc2)C1. The fourth-order valence-corrected chi connectivity index (χ4v) is 2.98. The van der Waals surface area contributed by atoms with Gasteiger partial charge >= 0.3 is 0 Å². The van der Waals surface area contributed by atoms with Gasteiger partial charge in [-0.15, -0.1) is 11.8 Å². The van der Waals surface area contributed by atoms with Crippen LogP contribution in [0.25, 0.3) is 0 Å². The zero-order valence-corrected chi connectivity index (χ0v) is 11.4. The Bertz CT molecular complexity index is 394. The number of likely N-dealkylation sites (tertiary alicyclic amines) is 1. The van der Waals surface area contributed by atoms with Gasteiger partial charge in [0.15, 0.2) is 0 Å². The van der Waals surface area contributed by atoms with Crippen molar-refractivity contribution in [3.8, 4) is 0 Å². The average molecular weight is 265 g/mol. The van der Waals surface area contributed by atoms with Gasteiger partial charge in [0.25, 0.3) is 0 Å². The van der Waals surface area contributed by atoms with Crippen LogP contribution in [0.2, 0.25) is 0 Å². The summed E-state index contributed by atoms with van der Waals surface area (Å²) in [5.74, 6) is 0.902. The Morgan fingerprint density at radius 1 is 1.50 bits per heavy atom. The summed E-state index contributed by atoms with van der Waals surface area (Å²) >= 11 is 1.57. The number of aliphatic hydroxyl groups is 1. The molecule has 0 spiro atoms. The lowest BCUT2D eigenvalue weighted by Crippen LogP contribution is -2.31. The first-order valence-corrected chi connectivity index (χ1v) is 7.29. The van der Waals surface area contributed by atoms with E-state index >= 15 is 0 Å². The molecule has 1 N–H and O–H groups in total. The molecule has 0 aromatic heterocycles. The van der Waals surface area contributed by atoms with E-state index < -0.39 is 0 Å². The van der Waals surface area contributed by atoms with Crippen molar-refractivity contribution in [1.29, 1.82) is 0 Å². The number of rotatable bonds is 4.